The van der Waals surface area contributed by atoms with Crippen LogP contribution in [0.1, 0.15) is 18.4 Å². The standard InChI is InChI=1S/C12H15NO4/c14-8-13-10(3-6-12(16)17)7-9-1-4-11(15)5-2-9/h1-2,4-5,8,10,15H,3,6-7H2,(H,13,14)(H,16,17). The highest BCUT2D eigenvalue weighted by atomic mass is 16.4. The molecule has 0 spiro atoms. The Bertz CT molecular complexity index is 375. The lowest BCUT2D eigenvalue weighted by Gasteiger charge is -2.15. The van der Waals surface area contributed by atoms with E-state index in [4.69, 9.17) is 10.2 Å². The first-order valence-electron chi connectivity index (χ1n) is 5.31. The Morgan fingerprint density at radius 1 is 1.35 bits per heavy atom. The van der Waals surface area contributed by atoms with Crippen LogP contribution in [0.2, 0.25) is 0 Å². The number of phenolic OH excluding ortho intramolecular Hbond substituents is 1. The minimum atomic E-state index is -0.881. The number of carboxylic acid groups (broad SMARTS) is 1. The number of carboxylic acids is 1. The minimum Gasteiger partial charge on any atom is -0.508 e. The lowest BCUT2D eigenvalue weighted by atomic mass is 10.0. The molecule has 1 rings (SSSR count). The Morgan fingerprint density at radius 3 is 2.53 bits per heavy atom. The SMILES string of the molecule is O=CNC(CCC(=O)O)Cc1ccc(O)cc1. The molecule has 0 saturated heterocycles. The summed E-state index contributed by atoms with van der Waals surface area (Å²) in [5, 5.41) is 20.3. The van der Waals surface area contributed by atoms with Crippen molar-refractivity contribution in [2.24, 2.45) is 0 Å². The first-order chi connectivity index (χ1) is 8.11. The molecule has 1 amide bonds. The van der Waals surface area contributed by atoms with Crippen LogP contribution in [0.25, 0.3) is 0 Å². The van der Waals surface area contributed by atoms with Gasteiger partial charge in [-0.3, -0.25) is 9.59 Å². The summed E-state index contributed by atoms with van der Waals surface area (Å²) in [6.45, 7) is 0. The third-order valence-corrected chi connectivity index (χ3v) is 2.43. The fourth-order valence-corrected chi connectivity index (χ4v) is 1.55. The molecule has 0 aromatic heterocycles. The average molecular weight is 237 g/mol. The Balaban J connectivity index is 2.56. The van der Waals surface area contributed by atoms with Crippen molar-refractivity contribution in [3.8, 4) is 5.75 Å². The summed E-state index contributed by atoms with van der Waals surface area (Å²) < 4.78 is 0. The van der Waals surface area contributed by atoms with E-state index < -0.39 is 5.97 Å². The van der Waals surface area contributed by atoms with Crippen LogP contribution in [0.15, 0.2) is 24.3 Å². The number of benzene rings is 1. The molecule has 0 radical (unpaired) electrons. The number of hydrogen-bond donors (Lipinski definition) is 3. The first kappa shape index (κ1) is 13.0. The summed E-state index contributed by atoms with van der Waals surface area (Å²) in [7, 11) is 0. The zero-order valence-corrected chi connectivity index (χ0v) is 9.30. The second kappa shape index (κ2) is 6.52. The van der Waals surface area contributed by atoms with Gasteiger partial charge in [-0.2, -0.15) is 0 Å². The van der Waals surface area contributed by atoms with Gasteiger partial charge in [0.25, 0.3) is 0 Å². The zero-order valence-electron chi connectivity index (χ0n) is 9.30. The molecule has 1 aromatic carbocycles. The summed E-state index contributed by atoms with van der Waals surface area (Å²) in [5.74, 6) is -0.701. The number of aliphatic carboxylic acids is 1. The number of phenols is 1. The van der Waals surface area contributed by atoms with Crippen molar-refractivity contribution in [2.75, 3.05) is 0 Å². The number of carbonyl (C=O) groups is 2. The van der Waals surface area contributed by atoms with Crippen molar-refractivity contribution < 1.29 is 19.8 Å². The average Bonchev–Trinajstić information content (AvgIpc) is 2.29. The summed E-state index contributed by atoms with van der Waals surface area (Å²) >= 11 is 0. The summed E-state index contributed by atoms with van der Waals surface area (Å²) in [6, 6.07) is 6.41. The highest BCUT2D eigenvalue weighted by Crippen LogP contribution is 2.12. The lowest BCUT2D eigenvalue weighted by Crippen LogP contribution is -2.30. The van der Waals surface area contributed by atoms with Gasteiger partial charge in [-0.25, -0.2) is 0 Å². The third-order valence-electron chi connectivity index (χ3n) is 2.43. The predicted molar refractivity (Wildman–Crippen MR) is 61.7 cm³/mol. The number of nitrogens with one attached hydrogen (secondary N) is 1. The van der Waals surface area contributed by atoms with Gasteiger partial charge < -0.3 is 15.5 Å². The van der Waals surface area contributed by atoms with Gasteiger partial charge in [0, 0.05) is 12.5 Å². The van der Waals surface area contributed by atoms with E-state index in [1.807, 2.05) is 0 Å². The molecule has 3 N–H and O–H groups in total. The second-order valence-electron chi connectivity index (χ2n) is 3.78. The fraction of sp³-hybridized carbons (Fsp3) is 0.333. The Labute approximate surface area is 99.1 Å². The predicted octanol–water partition coefficient (Wildman–Crippen LogP) is 0.914. The molecule has 0 bridgehead atoms. The van der Waals surface area contributed by atoms with E-state index in [9.17, 15) is 9.59 Å². The largest absolute Gasteiger partial charge is 0.508 e. The molecule has 0 saturated carbocycles. The van der Waals surface area contributed by atoms with Crippen molar-refractivity contribution in [1.29, 1.82) is 0 Å². The molecule has 0 aliphatic carbocycles. The number of carbonyl (C=O) groups excluding carboxylic acids is 1. The maximum Gasteiger partial charge on any atom is 0.303 e. The fourth-order valence-electron chi connectivity index (χ4n) is 1.55. The highest BCUT2D eigenvalue weighted by Gasteiger charge is 2.10. The maximum absolute atomic E-state index is 10.5. The second-order valence-corrected chi connectivity index (χ2v) is 3.78. The van der Waals surface area contributed by atoms with E-state index >= 15 is 0 Å². The third kappa shape index (κ3) is 5.01. The van der Waals surface area contributed by atoms with Gasteiger partial charge in [0.05, 0.1) is 0 Å². The molecule has 0 aliphatic rings. The van der Waals surface area contributed by atoms with E-state index in [0.717, 1.165) is 5.56 Å². The van der Waals surface area contributed by atoms with Crippen LogP contribution in [-0.4, -0.2) is 28.6 Å². The Kier molecular flexibility index (Phi) is 5.00. The Hall–Kier alpha value is -2.04. The van der Waals surface area contributed by atoms with Crippen molar-refractivity contribution in [3.63, 3.8) is 0 Å². The molecule has 1 unspecified atom stereocenters. The number of rotatable bonds is 7. The van der Waals surface area contributed by atoms with Crippen molar-refractivity contribution >= 4 is 12.4 Å². The highest BCUT2D eigenvalue weighted by molar-refractivity contribution is 5.66. The molecule has 0 fully saturated rings. The monoisotopic (exact) mass is 237 g/mol. The van der Waals surface area contributed by atoms with Crippen LogP contribution in [0, 0.1) is 0 Å². The molecule has 0 heterocycles. The number of aromatic hydroxyl groups is 1. The van der Waals surface area contributed by atoms with Crippen molar-refractivity contribution in [3.05, 3.63) is 29.8 Å². The van der Waals surface area contributed by atoms with Crippen molar-refractivity contribution in [1.82, 2.24) is 5.32 Å². The number of hydrogen-bond acceptors (Lipinski definition) is 3. The lowest BCUT2D eigenvalue weighted by molar-refractivity contribution is -0.137. The summed E-state index contributed by atoms with van der Waals surface area (Å²) in [4.78, 5) is 20.9. The minimum absolute atomic E-state index is 0.0175. The van der Waals surface area contributed by atoms with Crippen molar-refractivity contribution in [2.45, 2.75) is 25.3 Å². The molecule has 1 aromatic rings. The van der Waals surface area contributed by atoms with Crippen LogP contribution in [0.5, 0.6) is 5.75 Å². The van der Waals surface area contributed by atoms with Gasteiger partial charge >= 0.3 is 5.97 Å². The van der Waals surface area contributed by atoms with E-state index in [0.29, 0.717) is 19.3 Å². The summed E-state index contributed by atoms with van der Waals surface area (Å²) in [6.07, 6.45) is 1.53. The van der Waals surface area contributed by atoms with E-state index in [-0.39, 0.29) is 18.2 Å². The van der Waals surface area contributed by atoms with Gasteiger partial charge in [0.1, 0.15) is 5.75 Å². The molecule has 17 heavy (non-hydrogen) atoms. The van der Waals surface area contributed by atoms with E-state index in [2.05, 4.69) is 5.32 Å². The van der Waals surface area contributed by atoms with Crippen LogP contribution >= 0.6 is 0 Å². The topological polar surface area (TPSA) is 86.6 Å². The molecule has 1 atom stereocenters. The van der Waals surface area contributed by atoms with Crippen LogP contribution < -0.4 is 5.32 Å². The van der Waals surface area contributed by atoms with Crippen LogP contribution in [0.3, 0.4) is 0 Å². The molecular formula is C12H15NO4. The molecule has 0 aliphatic heterocycles. The van der Waals surface area contributed by atoms with E-state index in [1.54, 1.807) is 24.3 Å². The van der Waals surface area contributed by atoms with Gasteiger partial charge in [-0.15, -0.1) is 0 Å². The quantitative estimate of drug-likeness (QED) is 0.615. The molecular weight excluding hydrogens is 222 g/mol. The Morgan fingerprint density at radius 2 is 2.00 bits per heavy atom. The summed E-state index contributed by atoms with van der Waals surface area (Å²) in [5.41, 5.74) is 0.938. The molecule has 92 valence electrons. The zero-order chi connectivity index (χ0) is 12.7. The maximum atomic E-state index is 10.5. The van der Waals surface area contributed by atoms with Gasteiger partial charge in [0.15, 0.2) is 0 Å². The first-order valence-corrected chi connectivity index (χ1v) is 5.31. The number of amides is 1. The van der Waals surface area contributed by atoms with Gasteiger partial charge in [-0.1, -0.05) is 12.1 Å². The van der Waals surface area contributed by atoms with Gasteiger partial charge in [-0.05, 0) is 30.5 Å². The van der Waals surface area contributed by atoms with Crippen LogP contribution in [0.4, 0.5) is 0 Å². The smallest absolute Gasteiger partial charge is 0.303 e. The van der Waals surface area contributed by atoms with E-state index in [1.165, 1.54) is 0 Å². The normalized spacial score (nSPS) is 11.8. The molecule has 5 nitrogen and oxygen atoms in total. The van der Waals surface area contributed by atoms with Crippen LogP contribution in [-0.2, 0) is 16.0 Å². The van der Waals surface area contributed by atoms with Gasteiger partial charge in [0.2, 0.25) is 6.41 Å². The molecule has 5 heteroatoms.